The molecule has 7 atom stereocenters. The number of hydrogen-bond acceptors (Lipinski definition) is 9. The summed E-state index contributed by atoms with van der Waals surface area (Å²) in [5.41, 5.74) is 11.2. The van der Waals surface area contributed by atoms with E-state index in [9.17, 15) is 33.9 Å². The first-order valence-corrected chi connectivity index (χ1v) is 21.1. The van der Waals surface area contributed by atoms with Crippen molar-refractivity contribution in [2.24, 2.45) is 41.1 Å². The van der Waals surface area contributed by atoms with Crippen LogP contribution in [0.25, 0.3) is 0 Å². The molecule has 0 heterocycles. The lowest BCUT2D eigenvalue weighted by Crippen LogP contribution is -2.60. The maximum absolute atomic E-state index is 14.9. The van der Waals surface area contributed by atoms with E-state index < -0.39 is 78.3 Å². The number of esters is 1. The summed E-state index contributed by atoms with van der Waals surface area (Å²) in [7, 11) is 1.61. The lowest BCUT2D eigenvalue weighted by Gasteiger charge is -2.37. The average Bonchev–Trinajstić information content (AvgIpc) is 3.16. The van der Waals surface area contributed by atoms with Crippen LogP contribution < -0.4 is 27.4 Å². The van der Waals surface area contributed by atoms with Gasteiger partial charge in [-0.25, -0.2) is 0 Å². The SMILES string of the molecule is CCCCCC[C@@H](OC(=O)CNC(=O)[C@@H](C)[C@H](C)O)[C@@H](CC1CCCCC1)C(=O)N(C)[C@@H](CC(C)C)C(=O)N[C@H](C(=O)N[C@@H](CN)C(N)=O)C1CCCCC1. The Labute approximate surface area is 329 Å². The minimum atomic E-state index is -1.08. The first-order valence-electron chi connectivity index (χ1n) is 21.1. The summed E-state index contributed by atoms with van der Waals surface area (Å²) in [6.07, 6.45) is 12.7. The summed E-state index contributed by atoms with van der Waals surface area (Å²) >= 11 is 0. The minimum absolute atomic E-state index is 0.0107. The van der Waals surface area contributed by atoms with Crippen molar-refractivity contribution in [1.82, 2.24) is 20.9 Å². The molecule has 0 aliphatic heterocycles. The molecule has 0 aromatic rings. The van der Waals surface area contributed by atoms with Gasteiger partial charge in [-0.15, -0.1) is 0 Å². The first-order chi connectivity index (χ1) is 26.1. The van der Waals surface area contributed by atoms with Gasteiger partial charge in [0.2, 0.25) is 29.5 Å². The van der Waals surface area contributed by atoms with Crippen LogP contribution in [0.5, 0.6) is 0 Å². The fourth-order valence-electron chi connectivity index (χ4n) is 7.98. The van der Waals surface area contributed by atoms with E-state index in [1.54, 1.807) is 14.0 Å². The number of aliphatic hydroxyl groups excluding tert-OH is 1. The van der Waals surface area contributed by atoms with Gasteiger partial charge in [-0.2, -0.15) is 0 Å². The van der Waals surface area contributed by atoms with Crippen LogP contribution in [0.15, 0.2) is 0 Å². The number of carbonyl (C=O) groups excluding carboxylic acids is 6. The van der Waals surface area contributed by atoms with Gasteiger partial charge >= 0.3 is 5.97 Å². The highest BCUT2D eigenvalue weighted by Crippen LogP contribution is 2.34. The molecule has 0 aromatic heterocycles. The molecule has 0 saturated heterocycles. The monoisotopic (exact) mass is 779 g/mol. The average molecular weight is 779 g/mol. The van der Waals surface area contributed by atoms with Crippen LogP contribution in [0.4, 0.5) is 0 Å². The second-order valence-corrected chi connectivity index (χ2v) is 16.6. The van der Waals surface area contributed by atoms with Gasteiger partial charge in [0.25, 0.3) is 0 Å². The number of amides is 5. The largest absolute Gasteiger partial charge is 0.460 e. The molecule has 2 rings (SSSR count). The molecule has 0 aromatic carbocycles. The fraction of sp³-hybridized carbons (Fsp3) is 0.854. The standard InChI is InChI=1S/C41H74N6O8/c1-7-8-9-16-21-34(55-35(49)25-44-38(51)27(4)28(5)48)31(23-29-17-12-10-13-18-29)41(54)47(6)33(22-26(2)3)39(52)46-36(30-19-14-11-15-20-30)40(53)45-32(24-42)37(43)50/h26-34,36,48H,7-25,42H2,1-6H3,(H2,43,50)(H,44,51)(H,45,53)(H,46,52)/t27-,28-,31+,32-,33-,34+,36-/m0/s1. The third-order valence-corrected chi connectivity index (χ3v) is 11.7. The zero-order valence-electron chi connectivity index (χ0n) is 34.6. The Morgan fingerprint density at radius 3 is 2.00 bits per heavy atom. The molecule has 5 amide bonds. The van der Waals surface area contributed by atoms with Crippen LogP contribution in [0, 0.1) is 29.6 Å². The molecule has 316 valence electrons. The number of carbonyl (C=O) groups is 6. The van der Waals surface area contributed by atoms with Crippen molar-refractivity contribution in [2.45, 2.75) is 174 Å². The summed E-state index contributed by atoms with van der Waals surface area (Å²) in [4.78, 5) is 82.2. The number of aliphatic hydroxyl groups is 1. The highest BCUT2D eigenvalue weighted by atomic mass is 16.5. The van der Waals surface area contributed by atoms with Crippen molar-refractivity contribution < 1.29 is 38.6 Å². The molecule has 0 bridgehead atoms. The van der Waals surface area contributed by atoms with Gasteiger partial charge < -0.3 is 42.2 Å². The second-order valence-electron chi connectivity index (χ2n) is 16.6. The van der Waals surface area contributed by atoms with Crippen molar-refractivity contribution in [2.75, 3.05) is 20.1 Å². The fourth-order valence-corrected chi connectivity index (χ4v) is 7.98. The van der Waals surface area contributed by atoms with Crippen LogP contribution in [-0.2, 0) is 33.5 Å². The van der Waals surface area contributed by atoms with Gasteiger partial charge in [0.05, 0.1) is 17.9 Å². The van der Waals surface area contributed by atoms with Crippen molar-refractivity contribution in [3.63, 3.8) is 0 Å². The summed E-state index contributed by atoms with van der Waals surface area (Å²) in [6, 6.07) is -2.96. The molecule has 2 aliphatic rings. The van der Waals surface area contributed by atoms with Crippen molar-refractivity contribution in [3.05, 3.63) is 0 Å². The number of likely N-dealkylation sites (N-methyl/N-ethyl adjacent to an activating group) is 1. The maximum Gasteiger partial charge on any atom is 0.325 e. The number of ether oxygens (including phenoxy) is 1. The predicted octanol–water partition coefficient (Wildman–Crippen LogP) is 3.46. The molecule has 0 spiro atoms. The Bertz CT molecular complexity index is 1220. The lowest BCUT2D eigenvalue weighted by molar-refractivity contribution is -0.159. The number of nitrogens with one attached hydrogen (secondary N) is 3. The number of rotatable bonds is 24. The maximum atomic E-state index is 14.9. The van der Waals surface area contributed by atoms with E-state index in [2.05, 4.69) is 22.9 Å². The zero-order valence-corrected chi connectivity index (χ0v) is 34.6. The number of nitrogens with zero attached hydrogens (tertiary/aromatic N) is 1. The molecule has 0 radical (unpaired) electrons. The molecule has 14 nitrogen and oxygen atoms in total. The summed E-state index contributed by atoms with van der Waals surface area (Å²) in [6.45, 7) is 8.54. The Morgan fingerprint density at radius 1 is 0.836 bits per heavy atom. The molecule has 55 heavy (non-hydrogen) atoms. The van der Waals surface area contributed by atoms with Gasteiger partial charge in [-0.05, 0) is 63.2 Å². The van der Waals surface area contributed by atoms with Crippen LogP contribution in [0.2, 0.25) is 0 Å². The van der Waals surface area contributed by atoms with E-state index in [0.717, 1.165) is 89.9 Å². The molecule has 8 N–H and O–H groups in total. The quantitative estimate of drug-likeness (QED) is 0.0623. The molecule has 2 saturated carbocycles. The number of primary amides is 1. The zero-order chi connectivity index (χ0) is 41.1. The van der Waals surface area contributed by atoms with Crippen LogP contribution >= 0.6 is 0 Å². The summed E-state index contributed by atoms with van der Waals surface area (Å²) in [5, 5.41) is 18.0. The molecular weight excluding hydrogens is 704 g/mol. The van der Waals surface area contributed by atoms with Crippen LogP contribution in [-0.4, -0.2) is 96.0 Å². The van der Waals surface area contributed by atoms with Gasteiger partial charge in [0.15, 0.2) is 0 Å². The highest BCUT2D eigenvalue weighted by Gasteiger charge is 2.41. The van der Waals surface area contributed by atoms with Crippen molar-refractivity contribution in [1.29, 1.82) is 0 Å². The smallest absolute Gasteiger partial charge is 0.325 e. The first kappa shape index (κ1) is 47.9. The van der Waals surface area contributed by atoms with Gasteiger partial charge in [-0.1, -0.05) is 98.3 Å². The van der Waals surface area contributed by atoms with E-state index in [4.69, 9.17) is 16.2 Å². The molecule has 0 unspecified atom stereocenters. The highest BCUT2D eigenvalue weighted by molar-refractivity contribution is 5.94. The summed E-state index contributed by atoms with van der Waals surface area (Å²) < 4.78 is 6.09. The number of unbranched alkanes of at least 4 members (excludes halogenated alkanes) is 3. The van der Waals surface area contributed by atoms with E-state index in [1.165, 1.54) is 11.8 Å². The van der Waals surface area contributed by atoms with Gasteiger partial charge in [-0.3, -0.25) is 28.8 Å². The Hall–Kier alpha value is -3.26. The Kier molecular flexibility index (Phi) is 21.8. The number of nitrogens with two attached hydrogens (primary N) is 2. The van der Waals surface area contributed by atoms with Gasteiger partial charge in [0.1, 0.15) is 30.8 Å². The minimum Gasteiger partial charge on any atom is -0.460 e. The van der Waals surface area contributed by atoms with Crippen molar-refractivity contribution >= 4 is 35.5 Å². The lowest BCUT2D eigenvalue weighted by atomic mass is 9.79. The molecule has 14 heteroatoms. The Balaban J connectivity index is 2.46. The Morgan fingerprint density at radius 2 is 1.45 bits per heavy atom. The predicted molar refractivity (Wildman–Crippen MR) is 212 cm³/mol. The van der Waals surface area contributed by atoms with E-state index >= 15 is 0 Å². The molecular formula is C41H74N6O8. The van der Waals surface area contributed by atoms with E-state index in [-0.39, 0.29) is 30.2 Å². The van der Waals surface area contributed by atoms with Crippen LogP contribution in [0.1, 0.15) is 144 Å². The normalized spacial score (nSPS) is 19.2. The second kappa shape index (κ2) is 25.1. The van der Waals surface area contributed by atoms with E-state index in [0.29, 0.717) is 19.3 Å². The third kappa shape index (κ3) is 16.4. The topological polar surface area (TPSA) is 223 Å². The van der Waals surface area contributed by atoms with Crippen molar-refractivity contribution in [3.8, 4) is 0 Å². The number of hydrogen-bond donors (Lipinski definition) is 6. The van der Waals surface area contributed by atoms with E-state index in [1.807, 2.05) is 13.8 Å². The summed E-state index contributed by atoms with van der Waals surface area (Å²) in [5.74, 6) is -4.57. The molecule has 2 fully saturated rings. The molecule has 2 aliphatic carbocycles. The van der Waals surface area contributed by atoms with Gasteiger partial charge in [0, 0.05) is 13.6 Å². The van der Waals surface area contributed by atoms with Crippen LogP contribution in [0.3, 0.4) is 0 Å². The third-order valence-electron chi connectivity index (χ3n) is 11.7.